The molecule has 4 nitrogen and oxygen atoms in total. The number of rotatable bonds is 9. The highest BCUT2D eigenvalue weighted by Gasteiger charge is 2.24. The number of benzene rings is 3. The molecule has 0 radical (unpaired) electrons. The summed E-state index contributed by atoms with van der Waals surface area (Å²) in [5.74, 6) is 1.89. The number of nitrogens with one attached hydrogen (secondary N) is 1. The van der Waals surface area contributed by atoms with E-state index in [0.717, 1.165) is 34.3 Å². The summed E-state index contributed by atoms with van der Waals surface area (Å²) in [4.78, 5) is 13.1. The van der Waals surface area contributed by atoms with Gasteiger partial charge in [0.1, 0.15) is 11.5 Å². The van der Waals surface area contributed by atoms with Crippen molar-refractivity contribution in [3.8, 4) is 11.5 Å². The topological polar surface area (TPSA) is 47.6 Å². The third-order valence-corrected chi connectivity index (χ3v) is 5.22. The van der Waals surface area contributed by atoms with Crippen LogP contribution in [0.1, 0.15) is 45.2 Å². The fourth-order valence-electron chi connectivity index (χ4n) is 3.62. The van der Waals surface area contributed by atoms with Gasteiger partial charge in [0.2, 0.25) is 0 Å². The van der Waals surface area contributed by atoms with E-state index in [0.29, 0.717) is 12.3 Å². The van der Waals surface area contributed by atoms with E-state index < -0.39 is 6.10 Å². The number of fused-ring (bicyclic) bond motifs is 1. The summed E-state index contributed by atoms with van der Waals surface area (Å²) < 4.78 is 11.4. The fourth-order valence-corrected chi connectivity index (χ4v) is 3.62. The zero-order chi connectivity index (χ0) is 21.5. The minimum Gasteiger partial charge on any atom is -0.497 e. The van der Waals surface area contributed by atoms with Crippen molar-refractivity contribution in [1.82, 2.24) is 5.32 Å². The maximum Gasteiger partial charge on any atom is 0.261 e. The Kier molecular flexibility index (Phi) is 7.34. The predicted octanol–water partition coefficient (Wildman–Crippen LogP) is 5.91. The molecule has 0 bridgehead atoms. The molecule has 30 heavy (non-hydrogen) atoms. The molecule has 1 N–H and O–H groups in total. The molecule has 1 amide bonds. The van der Waals surface area contributed by atoms with Crippen LogP contribution in [0.15, 0.2) is 66.7 Å². The molecule has 3 aromatic rings. The van der Waals surface area contributed by atoms with Gasteiger partial charge in [-0.1, -0.05) is 69.3 Å². The zero-order valence-electron chi connectivity index (χ0n) is 18.2. The SMILES string of the molecule is CCC(Oc1cccc2ccccc12)C(=O)NC(CC(C)C)c1ccc(OC)cc1. The molecule has 2 atom stereocenters. The smallest absolute Gasteiger partial charge is 0.261 e. The van der Waals surface area contributed by atoms with Crippen LogP contribution in [-0.2, 0) is 4.79 Å². The van der Waals surface area contributed by atoms with Gasteiger partial charge in [0.25, 0.3) is 5.91 Å². The summed E-state index contributed by atoms with van der Waals surface area (Å²) in [6, 6.07) is 21.8. The average molecular weight is 406 g/mol. The summed E-state index contributed by atoms with van der Waals surface area (Å²) in [5, 5.41) is 5.33. The fraction of sp³-hybridized carbons (Fsp3) is 0.346. The molecule has 0 aliphatic heterocycles. The van der Waals surface area contributed by atoms with Crippen molar-refractivity contribution < 1.29 is 14.3 Å². The Morgan fingerprint density at radius 3 is 2.33 bits per heavy atom. The Balaban J connectivity index is 1.78. The number of carbonyl (C=O) groups excluding carboxylic acids is 1. The summed E-state index contributed by atoms with van der Waals surface area (Å²) in [6.07, 6.45) is 0.887. The lowest BCUT2D eigenvalue weighted by Gasteiger charge is -2.25. The second kappa shape index (κ2) is 10.1. The maximum atomic E-state index is 13.1. The lowest BCUT2D eigenvalue weighted by atomic mass is 9.96. The van der Waals surface area contributed by atoms with Crippen molar-refractivity contribution in [2.24, 2.45) is 5.92 Å². The average Bonchev–Trinajstić information content (AvgIpc) is 2.76. The molecule has 0 saturated carbocycles. The molecular formula is C26H31NO3. The molecule has 4 heteroatoms. The third kappa shape index (κ3) is 5.32. The highest BCUT2D eigenvalue weighted by atomic mass is 16.5. The quantitative estimate of drug-likeness (QED) is 0.481. The highest BCUT2D eigenvalue weighted by molar-refractivity contribution is 5.89. The Morgan fingerprint density at radius 1 is 0.967 bits per heavy atom. The second-order valence-corrected chi connectivity index (χ2v) is 7.96. The minimum absolute atomic E-state index is 0.0754. The molecule has 0 aliphatic rings. The normalized spacial score (nSPS) is 13.1. The van der Waals surface area contributed by atoms with E-state index in [1.165, 1.54) is 0 Å². The molecule has 0 fully saturated rings. The molecule has 0 saturated heterocycles. The van der Waals surface area contributed by atoms with Crippen molar-refractivity contribution in [2.45, 2.75) is 45.8 Å². The van der Waals surface area contributed by atoms with Gasteiger partial charge in [-0.25, -0.2) is 0 Å². The Hall–Kier alpha value is -3.01. The van der Waals surface area contributed by atoms with Gasteiger partial charge in [0.15, 0.2) is 6.10 Å². The number of hydrogen-bond acceptors (Lipinski definition) is 3. The lowest BCUT2D eigenvalue weighted by Crippen LogP contribution is -2.40. The van der Waals surface area contributed by atoms with Crippen molar-refractivity contribution >= 4 is 16.7 Å². The van der Waals surface area contributed by atoms with Gasteiger partial charge in [0.05, 0.1) is 13.2 Å². The van der Waals surface area contributed by atoms with Crippen LogP contribution in [0.5, 0.6) is 11.5 Å². The highest BCUT2D eigenvalue weighted by Crippen LogP contribution is 2.28. The van der Waals surface area contributed by atoms with Gasteiger partial charge in [-0.3, -0.25) is 4.79 Å². The Bertz CT molecular complexity index is 960. The number of carbonyl (C=O) groups is 1. The first-order valence-electron chi connectivity index (χ1n) is 10.6. The first kappa shape index (κ1) is 21.7. The van der Waals surface area contributed by atoms with Gasteiger partial charge in [-0.15, -0.1) is 0 Å². The van der Waals surface area contributed by atoms with E-state index in [4.69, 9.17) is 9.47 Å². The van der Waals surface area contributed by atoms with Gasteiger partial charge >= 0.3 is 0 Å². The van der Waals surface area contributed by atoms with Crippen LogP contribution < -0.4 is 14.8 Å². The number of hydrogen-bond donors (Lipinski definition) is 1. The molecule has 3 aromatic carbocycles. The van der Waals surface area contributed by atoms with E-state index in [1.807, 2.05) is 73.7 Å². The summed E-state index contributed by atoms with van der Waals surface area (Å²) >= 11 is 0. The van der Waals surface area contributed by atoms with E-state index in [1.54, 1.807) is 7.11 Å². The van der Waals surface area contributed by atoms with Crippen LogP contribution in [0.4, 0.5) is 0 Å². The molecular weight excluding hydrogens is 374 g/mol. The zero-order valence-corrected chi connectivity index (χ0v) is 18.2. The van der Waals surface area contributed by atoms with Crippen molar-refractivity contribution in [1.29, 1.82) is 0 Å². The Morgan fingerprint density at radius 2 is 1.67 bits per heavy atom. The van der Waals surface area contributed by atoms with Crippen molar-refractivity contribution in [3.05, 3.63) is 72.3 Å². The van der Waals surface area contributed by atoms with Crippen LogP contribution in [0, 0.1) is 5.92 Å². The van der Waals surface area contributed by atoms with Crippen LogP contribution in [-0.4, -0.2) is 19.1 Å². The summed E-state index contributed by atoms with van der Waals surface area (Å²) in [6.45, 7) is 6.29. The lowest BCUT2D eigenvalue weighted by molar-refractivity contribution is -0.129. The van der Waals surface area contributed by atoms with Crippen LogP contribution in [0.2, 0.25) is 0 Å². The van der Waals surface area contributed by atoms with Crippen LogP contribution >= 0.6 is 0 Å². The van der Waals surface area contributed by atoms with Crippen LogP contribution in [0.25, 0.3) is 10.8 Å². The molecule has 0 spiro atoms. The molecule has 3 rings (SSSR count). The van der Waals surface area contributed by atoms with Crippen LogP contribution in [0.3, 0.4) is 0 Å². The largest absolute Gasteiger partial charge is 0.497 e. The predicted molar refractivity (Wildman–Crippen MR) is 122 cm³/mol. The van der Waals surface area contributed by atoms with E-state index in [9.17, 15) is 4.79 Å². The molecule has 0 aliphatic carbocycles. The van der Waals surface area contributed by atoms with Crippen molar-refractivity contribution in [2.75, 3.05) is 7.11 Å². The molecule has 0 heterocycles. The molecule has 2 unspecified atom stereocenters. The molecule has 0 aromatic heterocycles. The first-order chi connectivity index (χ1) is 14.5. The molecule has 158 valence electrons. The second-order valence-electron chi connectivity index (χ2n) is 7.96. The van der Waals surface area contributed by atoms with Crippen molar-refractivity contribution in [3.63, 3.8) is 0 Å². The van der Waals surface area contributed by atoms with Gasteiger partial charge in [-0.2, -0.15) is 0 Å². The van der Waals surface area contributed by atoms with E-state index in [-0.39, 0.29) is 11.9 Å². The minimum atomic E-state index is -0.552. The van der Waals surface area contributed by atoms with E-state index >= 15 is 0 Å². The first-order valence-corrected chi connectivity index (χ1v) is 10.6. The van der Waals surface area contributed by atoms with E-state index in [2.05, 4.69) is 19.2 Å². The monoisotopic (exact) mass is 405 g/mol. The van der Waals surface area contributed by atoms with Gasteiger partial charge in [-0.05, 0) is 47.9 Å². The van der Waals surface area contributed by atoms with Gasteiger partial charge in [0, 0.05) is 5.39 Å². The summed E-state index contributed by atoms with van der Waals surface area (Å²) in [5.41, 5.74) is 1.07. The summed E-state index contributed by atoms with van der Waals surface area (Å²) in [7, 11) is 1.65. The Labute approximate surface area is 179 Å². The third-order valence-electron chi connectivity index (χ3n) is 5.22. The number of ether oxygens (including phenoxy) is 2. The number of amides is 1. The standard InChI is InChI=1S/C26H31NO3/c1-5-24(30-25-12-8-10-19-9-6-7-11-22(19)25)26(28)27-23(17-18(2)3)20-13-15-21(29-4)16-14-20/h6-16,18,23-24H,5,17H2,1-4H3,(H,27,28). The maximum absolute atomic E-state index is 13.1. The van der Waals surface area contributed by atoms with Gasteiger partial charge < -0.3 is 14.8 Å². The number of methoxy groups -OCH3 is 1.